The third-order valence-electron chi connectivity index (χ3n) is 2.42. The summed E-state index contributed by atoms with van der Waals surface area (Å²) in [6, 6.07) is 4.91. The van der Waals surface area contributed by atoms with Crippen LogP contribution in [0.25, 0.3) is 0 Å². The predicted octanol–water partition coefficient (Wildman–Crippen LogP) is 0.0205. The maximum Gasteiger partial charge on any atom is 0.141 e. The Kier molecular flexibility index (Phi) is 4.54. The molecule has 0 bridgehead atoms. The van der Waals surface area contributed by atoms with E-state index in [9.17, 15) is 10.2 Å². The van der Waals surface area contributed by atoms with Crippen molar-refractivity contribution in [2.24, 2.45) is 5.73 Å². The average Bonchev–Trinajstić information content (AvgIpc) is 2.28. The van der Waals surface area contributed by atoms with E-state index in [0.717, 1.165) is 0 Å². The highest BCUT2D eigenvalue weighted by Gasteiger charge is 2.18. The Morgan fingerprint density at radius 2 is 2.06 bits per heavy atom. The van der Waals surface area contributed by atoms with E-state index < -0.39 is 12.2 Å². The molecule has 2 unspecified atom stereocenters. The fraction of sp³-hybridized carbons (Fsp3) is 0.455. The van der Waals surface area contributed by atoms with Crippen LogP contribution in [0, 0.1) is 0 Å². The van der Waals surface area contributed by atoms with Crippen molar-refractivity contribution in [2.75, 3.05) is 19.4 Å². The van der Waals surface area contributed by atoms with Gasteiger partial charge in [-0.2, -0.15) is 0 Å². The highest BCUT2D eigenvalue weighted by Crippen LogP contribution is 2.27. The predicted molar refractivity (Wildman–Crippen MR) is 62.0 cm³/mol. The van der Waals surface area contributed by atoms with Gasteiger partial charge in [0, 0.05) is 0 Å². The van der Waals surface area contributed by atoms with E-state index in [0.29, 0.717) is 30.0 Å². The van der Waals surface area contributed by atoms with E-state index >= 15 is 0 Å². The maximum atomic E-state index is 9.81. The summed E-state index contributed by atoms with van der Waals surface area (Å²) in [5.41, 5.74) is 12.0. The second kappa shape index (κ2) is 5.69. The van der Waals surface area contributed by atoms with Crippen LogP contribution >= 0.6 is 0 Å². The van der Waals surface area contributed by atoms with Crippen LogP contribution < -0.4 is 16.2 Å². The molecule has 0 fully saturated rings. The number of aliphatic hydroxyl groups excluding tert-OH is 2. The molecule has 0 heterocycles. The minimum Gasteiger partial charge on any atom is -0.495 e. The van der Waals surface area contributed by atoms with Gasteiger partial charge in [0.1, 0.15) is 11.9 Å². The lowest BCUT2D eigenvalue weighted by Gasteiger charge is -2.18. The number of hydrogen-bond donors (Lipinski definition) is 4. The number of nitrogens with two attached hydrogens (primary N) is 2. The lowest BCUT2D eigenvalue weighted by Crippen LogP contribution is -2.21. The van der Waals surface area contributed by atoms with Crippen molar-refractivity contribution in [2.45, 2.75) is 18.6 Å². The molecule has 0 spiro atoms. The van der Waals surface area contributed by atoms with Gasteiger partial charge >= 0.3 is 0 Å². The number of anilines is 1. The van der Waals surface area contributed by atoms with E-state index in [-0.39, 0.29) is 0 Å². The number of hydrogen-bond acceptors (Lipinski definition) is 5. The van der Waals surface area contributed by atoms with Gasteiger partial charge in [0.25, 0.3) is 0 Å². The van der Waals surface area contributed by atoms with Crippen LogP contribution in [-0.4, -0.2) is 30.0 Å². The summed E-state index contributed by atoms with van der Waals surface area (Å²) in [5, 5.41) is 19.4. The van der Waals surface area contributed by atoms with Gasteiger partial charge in [0.05, 0.1) is 18.9 Å². The smallest absolute Gasteiger partial charge is 0.141 e. The highest BCUT2D eigenvalue weighted by molar-refractivity contribution is 5.54. The monoisotopic (exact) mass is 226 g/mol. The van der Waals surface area contributed by atoms with E-state index in [1.54, 1.807) is 18.2 Å². The number of rotatable bonds is 5. The van der Waals surface area contributed by atoms with Gasteiger partial charge < -0.3 is 26.4 Å². The first-order chi connectivity index (χ1) is 7.60. The summed E-state index contributed by atoms with van der Waals surface area (Å²) in [7, 11) is 1.52. The third kappa shape index (κ3) is 2.85. The zero-order chi connectivity index (χ0) is 12.1. The molecule has 1 aromatic carbocycles. The molecular weight excluding hydrogens is 208 g/mol. The Balaban J connectivity index is 2.84. The fourth-order valence-electron chi connectivity index (χ4n) is 1.49. The first kappa shape index (κ1) is 12.8. The molecule has 5 nitrogen and oxygen atoms in total. The summed E-state index contributed by atoms with van der Waals surface area (Å²) in [4.78, 5) is 0. The normalized spacial score (nSPS) is 14.5. The van der Waals surface area contributed by atoms with Crippen molar-refractivity contribution in [3.05, 3.63) is 23.8 Å². The van der Waals surface area contributed by atoms with Crippen LogP contribution in [0.15, 0.2) is 18.2 Å². The molecule has 5 heteroatoms. The third-order valence-corrected chi connectivity index (χ3v) is 2.42. The van der Waals surface area contributed by atoms with Crippen LogP contribution in [0.3, 0.4) is 0 Å². The van der Waals surface area contributed by atoms with E-state index in [2.05, 4.69) is 0 Å². The minimum absolute atomic E-state index is 0.323. The van der Waals surface area contributed by atoms with Crippen molar-refractivity contribution >= 4 is 5.69 Å². The second-order valence-electron chi connectivity index (χ2n) is 3.59. The van der Waals surface area contributed by atoms with Gasteiger partial charge in [0.15, 0.2) is 0 Å². The quantitative estimate of drug-likeness (QED) is 0.530. The molecule has 2 atom stereocenters. The van der Waals surface area contributed by atoms with E-state index in [4.69, 9.17) is 16.2 Å². The molecule has 16 heavy (non-hydrogen) atoms. The van der Waals surface area contributed by atoms with Crippen molar-refractivity contribution in [3.63, 3.8) is 0 Å². The van der Waals surface area contributed by atoms with Crippen LogP contribution in [0.5, 0.6) is 5.75 Å². The summed E-state index contributed by atoms with van der Waals surface area (Å²) in [6.45, 7) is 0.323. The van der Waals surface area contributed by atoms with Crippen molar-refractivity contribution in [1.29, 1.82) is 0 Å². The number of nitrogen functional groups attached to an aromatic ring is 1. The zero-order valence-corrected chi connectivity index (χ0v) is 9.26. The summed E-state index contributed by atoms with van der Waals surface area (Å²) in [5.74, 6) is 0.546. The van der Waals surface area contributed by atoms with Crippen molar-refractivity contribution in [1.82, 2.24) is 0 Å². The van der Waals surface area contributed by atoms with E-state index in [1.165, 1.54) is 7.11 Å². The first-order valence-electron chi connectivity index (χ1n) is 5.09. The number of methoxy groups -OCH3 is 1. The average molecular weight is 226 g/mol. The molecule has 0 aliphatic heterocycles. The summed E-state index contributed by atoms with van der Waals surface area (Å²) < 4.78 is 5.00. The van der Waals surface area contributed by atoms with Gasteiger partial charge in [-0.25, -0.2) is 0 Å². The molecule has 0 saturated heterocycles. The SMILES string of the molecule is COc1ccc(C(O)C(O)CCN)cc1N. The van der Waals surface area contributed by atoms with Gasteiger partial charge in [-0.3, -0.25) is 0 Å². The Morgan fingerprint density at radius 3 is 2.56 bits per heavy atom. The summed E-state index contributed by atoms with van der Waals surface area (Å²) in [6.07, 6.45) is -1.51. The molecule has 1 rings (SSSR count). The maximum absolute atomic E-state index is 9.81. The van der Waals surface area contributed by atoms with Crippen LogP contribution in [0.1, 0.15) is 18.1 Å². The van der Waals surface area contributed by atoms with Crippen LogP contribution in [-0.2, 0) is 0 Å². The van der Waals surface area contributed by atoms with Crippen LogP contribution in [0.4, 0.5) is 5.69 Å². The van der Waals surface area contributed by atoms with Crippen molar-refractivity contribution in [3.8, 4) is 5.75 Å². The molecule has 0 aliphatic carbocycles. The minimum atomic E-state index is -0.975. The molecule has 0 aromatic heterocycles. The van der Waals surface area contributed by atoms with Gasteiger partial charge in [-0.15, -0.1) is 0 Å². The Bertz CT molecular complexity index is 344. The standard InChI is InChI=1S/C11H18N2O3/c1-16-10-3-2-7(6-8(10)13)11(15)9(14)4-5-12/h2-3,6,9,11,14-15H,4-5,12-13H2,1H3. The first-order valence-corrected chi connectivity index (χ1v) is 5.09. The molecular formula is C11H18N2O3. The number of benzene rings is 1. The largest absolute Gasteiger partial charge is 0.495 e. The number of ether oxygens (including phenoxy) is 1. The van der Waals surface area contributed by atoms with Gasteiger partial charge in [0.2, 0.25) is 0 Å². The lowest BCUT2D eigenvalue weighted by molar-refractivity contribution is 0.0150. The number of aliphatic hydroxyl groups is 2. The van der Waals surface area contributed by atoms with Crippen LogP contribution in [0.2, 0.25) is 0 Å². The summed E-state index contributed by atoms with van der Waals surface area (Å²) >= 11 is 0. The molecule has 1 aromatic rings. The van der Waals surface area contributed by atoms with Crippen molar-refractivity contribution < 1.29 is 14.9 Å². The fourth-order valence-corrected chi connectivity index (χ4v) is 1.49. The molecule has 6 N–H and O–H groups in total. The molecule has 90 valence electrons. The van der Waals surface area contributed by atoms with Gasteiger partial charge in [-0.05, 0) is 30.7 Å². The Labute approximate surface area is 94.6 Å². The zero-order valence-electron chi connectivity index (χ0n) is 9.26. The molecule has 0 amide bonds. The van der Waals surface area contributed by atoms with E-state index in [1.807, 2.05) is 0 Å². The Hall–Kier alpha value is -1.30. The van der Waals surface area contributed by atoms with Gasteiger partial charge in [-0.1, -0.05) is 6.07 Å². The lowest BCUT2D eigenvalue weighted by atomic mass is 10.0. The molecule has 0 radical (unpaired) electrons. The Morgan fingerprint density at radius 1 is 1.38 bits per heavy atom. The molecule has 0 saturated carbocycles. The second-order valence-corrected chi connectivity index (χ2v) is 3.59. The topological polar surface area (TPSA) is 102 Å². The molecule has 0 aliphatic rings. The highest BCUT2D eigenvalue weighted by atomic mass is 16.5.